The topological polar surface area (TPSA) is 75.6 Å². The van der Waals surface area contributed by atoms with Gasteiger partial charge in [-0.3, -0.25) is 4.79 Å². The minimum Gasteiger partial charge on any atom is -0.493 e. The Morgan fingerprint density at radius 3 is 2.59 bits per heavy atom. The van der Waals surface area contributed by atoms with Crippen LogP contribution in [-0.2, 0) is 0 Å². The number of rotatable bonds is 5. The van der Waals surface area contributed by atoms with Crippen molar-refractivity contribution in [3.05, 3.63) is 58.6 Å². The van der Waals surface area contributed by atoms with E-state index in [1.54, 1.807) is 24.3 Å². The zero-order valence-electron chi connectivity index (χ0n) is 11.8. The van der Waals surface area contributed by atoms with Crippen LogP contribution in [0.25, 0.3) is 0 Å². The molecular weight excluding hydrogens is 306 g/mol. The van der Waals surface area contributed by atoms with Crippen molar-refractivity contribution in [3.63, 3.8) is 0 Å². The molecule has 5 nitrogen and oxygen atoms in total. The maximum atomic E-state index is 12.4. The first-order chi connectivity index (χ1) is 10.5. The van der Waals surface area contributed by atoms with Crippen LogP contribution in [0.5, 0.6) is 5.75 Å². The van der Waals surface area contributed by atoms with Crippen molar-refractivity contribution in [2.24, 2.45) is 0 Å². The summed E-state index contributed by atoms with van der Waals surface area (Å²) in [5.74, 6) is -1.18. The van der Waals surface area contributed by atoms with Gasteiger partial charge in [0.1, 0.15) is 5.75 Å². The van der Waals surface area contributed by atoms with E-state index in [0.717, 1.165) is 0 Å². The van der Waals surface area contributed by atoms with Crippen LogP contribution in [0.4, 0.5) is 5.69 Å². The molecule has 0 spiro atoms. The number of carboxylic acid groups (broad SMARTS) is 1. The van der Waals surface area contributed by atoms with Crippen molar-refractivity contribution in [1.29, 1.82) is 0 Å². The summed E-state index contributed by atoms with van der Waals surface area (Å²) < 4.78 is 5.39. The largest absolute Gasteiger partial charge is 0.493 e. The van der Waals surface area contributed by atoms with Gasteiger partial charge >= 0.3 is 5.97 Å². The van der Waals surface area contributed by atoms with E-state index in [2.05, 4.69) is 5.32 Å². The molecule has 0 unspecified atom stereocenters. The van der Waals surface area contributed by atoms with E-state index in [1.165, 1.54) is 18.2 Å². The van der Waals surface area contributed by atoms with Gasteiger partial charge in [0.05, 0.1) is 23.4 Å². The number of para-hydroxylation sites is 1. The number of carbonyl (C=O) groups excluding carboxylic acids is 1. The second kappa shape index (κ2) is 6.95. The first-order valence-electron chi connectivity index (χ1n) is 6.59. The molecule has 0 fully saturated rings. The van der Waals surface area contributed by atoms with Crippen molar-refractivity contribution in [1.82, 2.24) is 0 Å². The fourth-order valence-corrected chi connectivity index (χ4v) is 2.10. The van der Waals surface area contributed by atoms with Gasteiger partial charge in [-0.15, -0.1) is 0 Å². The molecular formula is C16H14ClNO4. The van der Waals surface area contributed by atoms with Crippen LogP contribution in [0.1, 0.15) is 27.6 Å². The summed E-state index contributed by atoms with van der Waals surface area (Å²) in [7, 11) is 0. The number of nitrogens with one attached hydrogen (secondary N) is 1. The van der Waals surface area contributed by atoms with E-state index in [-0.39, 0.29) is 11.3 Å². The summed E-state index contributed by atoms with van der Waals surface area (Å²) in [6.07, 6.45) is 0. The number of ether oxygens (including phenoxy) is 1. The summed E-state index contributed by atoms with van der Waals surface area (Å²) in [5.41, 5.74) is 0.420. The van der Waals surface area contributed by atoms with E-state index in [0.29, 0.717) is 22.9 Å². The van der Waals surface area contributed by atoms with Gasteiger partial charge in [0.15, 0.2) is 0 Å². The zero-order valence-corrected chi connectivity index (χ0v) is 12.6. The van der Waals surface area contributed by atoms with Gasteiger partial charge in [0, 0.05) is 5.02 Å². The van der Waals surface area contributed by atoms with Crippen LogP contribution in [0.2, 0.25) is 5.02 Å². The first kappa shape index (κ1) is 15.9. The van der Waals surface area contributed by atoms with Gasteiger partial charge in [-0.2, -0.15) is 0 Å². The highest BCUT2D eigenvalue weighted by Gasteiger charge is 2.16. The molecule has 1 amide bonds. The Morgan fingerprint density at radius 2 is 1.91 bits per heavy atom. The summed E-state index contributed by atoms with van der Waals surface area (Å²) in [6.45, 7) is 2.23. The number of hydrogen-bond donors (Lipinski definition) is 2. The highest BCUT2D eigenvalue weighted by atomic mass is 35.5. The minimum atomic E-state index is -1.15. The second-order valence-electron chi connectivity index (χ2n) is 4.38. The maximum Gasteiger partial charge on any atom is 0.337 e. The lowest BCUT2D eigenvalue weighted by molar-refractivity contribution is 0.0698. The van der Waals surface area contributed by atoms with Crippen LogP contribution in [0, 0.1) is 0 Å². The number of halogens is 1. The molecule has 0 radical (unpaired) electrons. The summed E-state index contributed by atoms with van der Waals surface area (Å²) in [6, 6.07) is 10.9. The van der Waals surface area contributed by atoms with E-state index in [4.69, 9.17) is 21.4 Å². The quantitative estimate of drug-likeness (QED) is 0.881. The zero-order chi connectivity index (χ0) is 16.1. The fraction of sp³-hybridized carbons (Fsp3) is 0.125. The lowest BCUT2D eigenvalue weighted by atomic mass is 10.1. The van der Waals surface area contributed by atoms with E-state index in [1.807, 2.05) is 6.92 Å². The fourth-order valence-electron chi connectivity index (χ4n) is 1.93. The Hall–Kier alpha value is -2.53. The van der Waals surface area contributed by atoms with E-state index < -0.39 is 11.9 Å². The third kappa shape index (κ3) is 3.56. The average Bonchev–Trinajstić information content (AvgIpc) is 2.47. The molecule has 114 valence electrons. The number of anilines is 1. The van der Waals surface area contributed by atoms with Gasteiger partial charge in [0.2, 0.25) is 0 Å². The third-order valence-corrected chi connectivity index (χ3v) is 3.13. The third-order valence-electron chi connectivity index (χ3n) is 2.89. The predicted octanol–water partition coefficient (Wildman–Crippen LogP) is 3.69. The highest BCUT2D eigenvalue weighted by Crippen LogP contribution is 2.24. The Kier molecular flexibility index (Phi) is 5.01. The molecule has 0 aliphatic heterocycles. The van der Waals surface area contributed by atoms with Gasteiger partial charge in [-0.1, -0.05) is 23.7 Å². The van der Waals surface area contributed by atoms with Crippen LogP contribution in [0.3, 0.4) is 0 Å². The van der Waals surface area contributed by atoms with Gasteiger partial charge in [-0.05, 0) is 37.3 Å². The molecule has 2 N–H and O–H groups in total. The second-order valence-corrected chi connectivity index (χ2v) is 4.81. The molecule has 0 heterocycles. The molecule has 2 aromatic carbocycles. The Morgan fingerprint density at radius 1 is 1.18 bits per heavy atom. The lowest BCUT2D eigenvalue weighted by Gasteiger charge is -2.12. The number of carbonyl (C=O) groups is 2. The van der Waals surface area contributed by atoms with E-state index in [9.17, 15) is 9.59 Å². The van der Waals surface area contributed by atoms with Crippen molar-refractivity contribution in [2.45, 2.75) is 6.92 Å². The van der Waals surface area contributed by atoms with Crippen LogP contribution < -0.4 is 10.1 Å². The maximum absolute atomic E-state index is 12.4. The Balaban J connectivity index is 2.33. The standard InChI is InChI=1S/C16H14ClNO4/c1-2-22-14-6-4-3-5-12(14)15(19)18-13-9-10(17)7-8-11(13)16(20)21/h3-9H,2H2,1H3,(H,18,19)(H,20,21). The van der Waals surface area contributed by atoms with Crippen molar-refractivity contribution >= 4 is 29.2 Å². The average molecular weight is 320 g/mol. The summed E-state index contributed by atoms with van der Waals surface area (Å²) >= 11 is 5.86. The van der Waals surface area contributed by atoms with Crippen molar-refractivity contribution in [2.75, 3.05) is 11.9 Å². The monoisotopic (exact) mass is 319 g/mol. The number of benzene rings is 2. The summed E-state index contributed by atoms with van der Waals surface area (Å²) in [4.78, 5) is 23.6. The molecule has 6 heteroatoms. The van der Waals surface area contributed by atoms with Crippen LogP contribution in [-0.4, -0.2) is 23.6 Å². The van der Waals surface area contributed by atoms with Gasteiger partial charge < -0.3 is 15.2 Å². The molecule has 2 rings (SSSR count). The molecule has 2 aromatic rings. The summed E-state index contributed by atoms with van der Waals surface area (Å²) in [5, 5.41) is 12.1. The first-order valence-corrected chi connectivity index (χ1v) is 6.96. The van der Waals surface area contributed by atoms with Crippen molar-refractivity contribution < 1.29 is 19.4 Å². The van der Waals surface area contributed by atoms with Gasteiger partial charge in [0.25, 0.3) is 5.91 Å². The Bertz CT molecular complexity index is 715. The highest BCUT2D eigenvalue weighted by molar-refractivity contribution is 6.31. The Labute approximate surface area is 132 Å². The normalized spacial score (nSPS) is 10.1. The molecule has 0 bridgehead atoms. The molecule has 22 heavy (non-hydrogen) atoms. The molecule has 0 atom stereocenters. The minimum absolute atomic E-state index is 0.0355. The molecule has 0 aliphatic carbocycles. The van der Waals surface area contributed by atoms with Crippen LogP contribution >= 0.6 is 11.6 Å². The van der Waals surface area contributed by atoms with Gasteiger partial charge in [-0.25, -0.2) is 4.79 Å². The molecule has 0 aliphatic rings. The predicted molar refractivity (Wildman–Crippen MR) is 84.0 cm³/mol. The number of aromatic carboxylic acids is 1. The number of hydrogen-bond acceptors (Lipinski definition) is 3. The number of amides is 1. The molecule has 0 saturated heterocycles. The lowest BCUT2D eigenvalue weighted by Crippen LogP contribution is -2.16. The molecule has 0 aromatic heterocycles. The van der Waals surface area contributed by atoms with Crippen LogP contribution in [0.15, 0.2) is 42.5 Å². The SMILES string of the molecule is CCOc1ccccc1C(=O)Nc1cc(Cl)ccc1C(=O)O. The smallest absolute Gasteiger partial charge is 0.337 e. The van der Waals surface area contributed by atoms with Crippen molar-refractivity contribution in [3.8, 4) is 5.75 Å². The molecule has 0 saturated carbocycles. The van der Waals surface area contributed by atoms with E-state index >= 15 is 0 Å². The number of carboxylic acids is 1.